The van der Waals surface area contributed by atoms with Crippen molar-refractivity contribution in [3.05, 3.63) is 0 Å². The third-order valence-electron chi connectivity index (χ3n) is 6.64. The van der Waals surface area contributed by atoms with Gasteiger partial charge in [-0.15, -0.1) is 0 Å². The number of piperazine rings is 1. The van der Waals surface area contributed by atoms with E-state index in [0.717, 1.165) is 32.0 Å². The molecule has 0 bridgehead atoms. The van der Waals surface area contributed by atoms with E-state index >= 15 is 0 Å². The molecule has 5 nitrogen and oxygen atoms in total. The molecule has 2 heterocycles. The smallest absolute Gasteiger partial charge is 0.0570 e. The van der Waals surface area contributed by atoms with E-state index in [1.54, 1.807) is 0 Å². The lowest BCUT2D eigenvalue weighted by Gasteiger charge is -2.62. The van der Waals surface area contributed by atoms with Gasteiger partial charge in [-0.1, -0.05) is 0 Å². The third kappa shape index (κ3) is 2.94. The highest BCUT2D eigenvalue weighted by Gasteiger charge is 2.54. The molecule has 1 spiro atoms. The second-order valence-corrected chi connectivity index (χ2v) is 8.31. The molecule has 2 saturated heterocycles. The number of nitrogens with zero attached hydrogens (tertiary/aromatic N) is 3. The van der Waals surface area contributed by atoms with Crippen LogP contribution in [-0.2, 0) is 0 Å². The first-order valence-corrected chi connectivity index (χ1v) is 9.19. The fraction of sp³-hybridized carbons (Fsp3) is 1.00. The summed E-state index contributed by atoms with van der Waals surface area (Å²) in [6, 6.07) is 1.44. The third-order valence-corrected chi connectivity index (χ3v) is 6.64. The summed E-state index contributed by atoms with van der Waals surface area (Å²) in [7, 11) is 2.27. The van der Waals surface area contributed by atoms with Crippen molar-refractivity contribution in [1.29, 1.82) is 0 Å². The molecule has 4 aliphatic rings. The number of rotatable bonds is 5. The summed E-state index contributed by atoms with van der Waals surface area (Å²) < 4.78 is 0. The molecule has 2 aliphatic carbocycles. The molecule has 0 atom stereocenters. The molecular formula is C17H32N4O. The van der Waals surface area contributed by atoms with Crippen LogP contribution in [0.2, 0.25) is 0 Å². The summed E-state index contributed by atoms with van der Waals surface area (Å²) in [6.45, 7) is 9.94. The molecule has 126 valence electrons. The van der Waals surface area contributed by atoms with Gasteiger partial charge in [0.25, 0.3) is 0 Å². The molecule has 4 fully saturated rings. The molecule has 0 radical (unpaired) electrons. The van der Waals surface area contributed by atoms with Crippen molar-refractivity contribution in [2.75, 3.05) is 59.4 Å². The van der Waals surface area contributed by atoms with Crippen LogP contribution in [0.3, 0.4) is 0 Å². The summed E-state index contributed by atoms with van der Waals surface area (Å²) in [6.07, 6.45) is 4.75. The fourth-order valence-electron chi connectivity index (χ4n) is 4.95. The van der Waals surface area contributed by atoms with Crippen LogP contribution >= 0.6 is 0 Å². The van der Waals surface area contributed by atoms with E-state index in [0.29, 0.717) is 11.5 Å². The highest BCUT2D eigenvalue weighted by Crippen LogP contribution is 2.51. The Kier molecular flexibility index (Phi) is 4.20. The van der Waals surface area contributed by atoms with Crippen molar-refractivity contribution in [3.63, 3.8) is 0 Å². The average Bonchev–Trinajstić information content (AvgIpc) is 2.41. The van der Waals surface area contributed by atoms with Gasteiger partial charge in [-0.25, -0.2) is 0 Å². The normalized spacial score (nSPS) is 36.1. The Balaban J connectivity index is 1.13. The SMILES string of the molecule is CN(C1CC(O)C1)C1CC2(C1)CN(CCN1CCNCC1)C2. The lowest BCUT2D eigenvalue weighted by molar-refractivity contribution is -0.126. The van der Waals surface area contributed by atoms with E-state index in [9.17, 15) is 5.11 Å². The minimum atomic E-state index is -0.0225. The summed E-state index contributed by atoms with van der Waals surface area (Å²) in [5.41, 5.74) is 0.657. The summed E-state index contributed by atoms with van der Waals surface area (Å²) in [4.78, 5) is 7.81. The number of nitrogens with one attached hydrogen (secondary N) is 1. The molecule has 0 aromatic heterocycles. The first kappa shape index (κ1) is 15.3. The van der Waals surface area contributed by atoms with Crippen LogP contribution in [0.1, 0.15) is 25.7 Å². The molecule has 0 aromatic carbocycles. The maximum Gasteiger partial charge on any atom is 0.0570 e. The Morgan fingerprint density at radius 1 is 1.05 bits per heavy atom. The zero-order valence-electron chi connectivity index (χ0n) is 14.0. The summed E-state index contributed by atoms with van der Waals surface area (Å²) in [5.74, 6) is 0. The van der Waals surface area contributed by atoms with Crippen LogP contribution in [0.4, 0.5) is 0 Å². The second-order valence-electron chi connectivity index (χ2n) is 8.31. The minimum absolute atomic E-state index is 0.0225. The molecule has 22 heavy (non-hydrogen) atoms. The Morgan fingerprint density at radius 2 is 1.68 bits per heavy atom. The predicted octanol–water partition coefficient (Wildman–Crippen LogP) is -0.189. The van der Waals surface area contributed by atoms with E-state index in [1.165, 1.54) is 52.1 Å². The molecule has 0 amide bonds. The van der Waals surface area contributed by atoms with Gasteiger partial charge in [0.05, 0.1) is 6.10 Å². The van der Waals surface area contributed by atoms with Gasteiger partial charge in [-0.2, -0.15) is 0 Å². The van der Waals surface area contributed by atoms with Gasteiger partial charge in [-0.3, -0.25) is 4.90 Å². The number of hydrogen-bond donors (Lipinski definition) is 2. The van der Waals surface area contributed by atoms with Crippen LogP contribution in [0.5, 0.6) is 0 Å². The van der Waals surface area contributed by atoms with Crippen molar-refractivity contribution in [1.82, 2.24) is 20.0 Å². The molecule has 4 rings (SSSR count). The first-order valence-electron chi connectivity index (χ1n) is 9.19. The largest absolute Gasteiger partial charge is 0.393 e. The van der Waals surface area contributed by atoms with Crippen molar-refractivity contribution < 1.29 is 5.11 Å². The average molecular weight is 308 g/mol. The van der Waals surface area contributed by atoms with E-state index < -0.39 is 0 Å². The first-order chi connectivity index (χ1) is 10.6. The zero-order chi connectivity index (χ0) is 15.2. The number of likely N-dealkylation sites (tertiary alicyclic amines) is 1. The molecule has 0 unspecified atom stereocenters. The van der Waals surface area contributed by atoms with Crippen molar-refractivity contribution >= 4 is 0 Å². The Hall–Kier alpha value is -0.200. The van der Waals surface area contributed by atoms with E-state index in [-0.39, 0.29) is 6.10 Å². The maximum atomic E-state index is 9.46. The summed E-state index contributed by atoms with van der Waals surface area (Å²) in [5, 5.41) is 12.9. The molecule has 0 aromatic rings. The predicted molar refractivity (Wildman–Crippen MR) is 88.0 cm³/mol. The van der Waals surface area contributed by atoms with Crippen LogP contribution < -0.4 is 5.32 Å². The Labute approximate surface area is 134 Å². The fourth-order valence-corrected chi connectivity index (χ4v) is 4.95. The lowest BCUT2D eigenvalue weighted by Crippen LogP contribution is -2.68. The zero-order valence-corrected chi connectivity index (χ0v) is 14.0. The molecule has 5 heteroatoms. The van der Waals surface area contributed by atoms with Gasteiger partial charge < -0.3 is 20.2 Å². The molecular weight excluding hydrogens is 276 g/mol. The van der Waals surface area contributed by atoms with E-state index in [2.05, 4.69) is 27.1 Å². The van der Waals surface area contributed by atoms with Gasteiger partial charge in [0.15, 0.2) is 0 Å². The highest BCUT2D eigenvalue weighted by molar-refractivity contribution is 5.08. The van der Waals surface area contributed by atoms with Crippen molar-refractivity contribution in [2.24, 2.45) is 5.41 Å². The van der Waals surface area contributed by atoms with Gasteiger partial charge in [0.1, 0.15) is 0 Å². The van der Waals surface area contributed by atoms with Gasteiger partial charge in [-0.05, 0) is 38.1 Å². The standard InChI is InChI=1S/C17H32N4O/c1-19(14-8-16(22)9-14)15-10-17(11-15)12-21(13-17)7-6-20-4-2-18-3-5-20/h14-16,18,22H,2-13H2,1H3. The van der Waals surface area contributed by atoms with Crippen LogP contribution in [0, 0.1) is 5.41 Å². The molecule has 2 saturated carbocycles. The molecule has 2 aliphatic heterocycles. The van der Waals surface area contributed by atoms with E-state index in [1.807, 2.05) is 0 Å². The monoisotopic (exact) mass is 308 g/mol. The number of aliphatic hydroxyl groups is 1. The number of aliphatic hydroxyl groups excluding tert-OH is 1. The van der Waals surface area contributed by atoms with Crippen molar-refractivity contribution in [2.45, 2.75) is 43.9 Å². The van der Waals surface area contributed by atoms with Gasteiger partial charge in [0, 0.05) is 64.4 Å². The molecule has 2 N–H and O–H groups in total. The lowest BCUT2D eigenvalue weighted by atomic mass is 9.60. The van der Waals surface area contributed by atoms with Crippen LogP contribution in [0.15, 0.2) is 0 Å². The topological polar surface area (TPSA) is 42.0 Å². The summed E-state index contributed by atoms with van der Waals surface area (Å²) >= 11 is 0. The Morgan fingerprint density at radius 3 is 2.32 bits per heavy atom. The Bertz CT molecular complexity index is 378. The highest BCUT2D eigenvalue weighted by atomic mass is 16.3. The van der Waals surface area contributed by atoms with E-state index in [4.69, 9.17) is 0 Å². The number of hydrogen-bond acceptors (Lipinski definition) is 5. The quantitative estimate of drug-likeness (QED) is 0.737. The second kappa shape index (κ2) is 6.02. The maximum absolute atomic E-state index is 9.46. The van der Waals surface area contributed by atoms with Crippen LogP contribution in [0.25, 0.3) is 0 Å². The van der Waals surface area contributed by atoms with Crippen molar-refractivity contribution in [3.8, 4) is 0 Å². The van der Waals surface area contributed by atoms with Gasteiger partial charge >= 0.3 is 0 Å². The minimum Gasteiger partial charge on any atom is -0.393 e. The van der Waals surface area contributed by atoms with Crippen LogP contribution in [-0.4, -0.2) is 97.4 Å². The van der Waals surface area contributed by atoms with Gasteiger partial charge in [0.2, 0.25) is 0 Å².